The van der Waals surface area contributed by atoms with E-state index in [1.165, 1.54) is 0 Å². The van der Waals surface area contributed by atoms with Gasteiger partial charge in [0.2, 0.25) is 0 Å². The fraction of sp³-hybridized carbons (Fsp3) is 0.385. The largest absolute Gasteiger partial charge is 0.453 e. The highest BCUT2D eigenvalue weighted by Gasteiger charge is 2.23. The molecule has 0 aliphatic carbocycles. The number of carbonyl (C=O) groups is 2. The maximum Gasteiger partial charge on any atom is 0.397 e. The molecule has 0 heterocycles. The van der Waals surface area contributed by atoms with Gasteiger partial charge in [-0.05, 0) is 51.5 Å². The molecule has 98 valence electrons. The van der Waals surface area contributed by atoms with Crippen molar-refractivity contribution in [3.05, 3.63) is 28.8 Å². The average Bonchev–Trinajstić information content (AvgIpc) is 2.19. The summed E-state index contributed by atoms with van der Waals surface area (Å²) >= 11 is 5.80. The van der Waals surface area contributed by atoms with Gasteiger partial charge in [0.1, 0.15) is 5.60 Å². The summed E-state index contributed by atoms with van der Waals surface area (Å²) in [6.45, 7) is 6.89. The van der Waals surface area contributed by atoms with Crippen molar-refractivity contribution in [3.8, 4) is 0 Å². The maximum atomic E-state index is 11.6. The van der Waals surface area contributed by atoms with E-state index in [0.29, 0.717) is 10.7 Å². The molecule has 18 heavy (non-hydrogen) atoms. The van der Waals surface area contributed by atoms with E-state index < -0.39 is 17.5 Å². The monoisotopic (exact) mass is 269 g/mol. The molecule has 0 unspecified atom stereocenters. The number of benzene rings is 1. The lowest BCUT2D eigenvalue weighted by Gasteiger charge is -2.19. The van der Waals surface area contributed by atoms with Crippen molar-refractivity contribution in [3.63, 3.8) is 0 Å². The maximum absolute atomic E-state index is 11.6. The van der Waals surface area contributed by atoms with E-state index in [0.717, 1.165) is 5.56 Å². The number of anilines is 1. The van der Waals surface area contributed by atoms with Crippen LogP contribution in [0.3, 0.4) is 0 Å². The Kier molecular flexibility index (Phi) is 4.35. The van der Waals surface area contributed by atoms with E-state index in [1.54, 1.807) is 45.9 Å². The summed E-state index contributed by atoms with van der Waals surface area (Å²) in [7, 11) is 0. The Bertz CT molecular complexity index is 478. The number of hydrogen-bond donors (Lipinski definition) is 1. The fourth-order valence-electron chi connectivity index (χ4n) is 1.27. The van der Waals surface area contributed by atoms with Crippen LogP contribution in [-0.2, 0) is 14.3 Å². The molecule has 0 aliphatic heterocycles. The Morgan fingerprint density at radius 1 is 1.28 bits per heavy atom. The molecular weight excluding hydrogens is 254 g/mol. The molecule has 0 fully saturated rings. The molecule has 0 aliphatic rings. The van der Waals surface area contributed by atoms with Crippen LogP contribution in [0, 0.1) is 6.92 Å². The molecule has 1 N–H and O–H groups in total. The predicted molar refractivity (Wildman–Crippen MR) is 70.7 cm³/mol. The van der Waals surface area contributed by atoms with Crippen LogP contribution in [-0.4, -0.2) is 17.5 Å². The van der Waals surface area contributed by atoms with Gasteiger partial charge in [-0.25, -0.2) is 4.79 Å². The highest BCUT2D eigenvalue weighted by atomic mass is 35.5. The van der Waals surface area contributed by atoms with Gasteiger partial charge in [0.25, 0.3) is 0 Å². The number of carbonyl (C=O) groups excluding carboxylic acids is 2. The Morgan fingerprint density at radius 3 is 2.39 bits per heavy atom. The van der Waals surface area contributed by atoms with Crippen molar-refractivity contribution in [2.24, 2.45) is 0 Å². The van der Waals surface area contributed by atoms with Crippen molar-refractivity contribution < 1.29 is 14.3 Å². The van der Waals surface area contributed by atoms with Gasteiger partial charge in [0.15, 0.2) is 0 Å². The third-order valence-corrected chi connectivity index (χ3v) is 2.26. The lowest BCUT2D eigenvalue weighted by Crippen LogP contribution is -2.32. The Morgan fingerprint density at radius 2 is 1.89 bits per heavy atom. The molecule has 4 nitrogen and oxygen atoms in total. The van der Waals surface area contributed by atoms with Crippen LogP contribution in [0.5, 0.6) is 0 Å². The number of hydrogen-bond acceptors (Lipinski definition) is 3. The summed E-state index contributed by atoms with van der Waals surface area (Å²) in [4.78, 5) is 23.1. The van der Waals surface area contributed by atoms with Gasteiger partial charge in [-0.1, -0.05) is 11.6 Å². The van der Waals surface area contributed by atoms with Crippen LogP contribution in [0.2, 0.25) is 5.02 Å². The fourth-order valence-corrected chi connectivity index (χ4v) is 1.49. The Balaban J connectivity index is 2.73. The van der Waals surface area contributed by atoms with Crippen molar-refractivity contribution in [2.75, 3.05) is 5.32 Å². The van der Waals surface area contributed by atoms with Gasteiger partial charge in [0, 0.05) is 10.7 Å². The van der Waals surface area contributed by atoms with E-state index in [1.807, 2.05) is 0 Å². The summed E-state index contributed by atoms with van der Waals surface area (Å²) < 4.78 is 4.96. The number of amides is 1. The second-order valence-electron chi connectivity index (χ2n) is 4.92. The van der Waals surface area contributed by atoms with Gasteiger partial charge < -0.3 is 10.1 Å². The second-order valence-corrected chi connectivity index (χ2v) is 5.35. The van der Waals surface area contributed by atoms with E-state index >= 15 is 0 Å². The third-order valence-electron chi connectivity index (χ3n) is 2.02. The highest BCUT2D eigenvalue weighted by Crippen LogP contribution is 2.19. The van der Waals surface area contributed by atoms with Gasteiger partial charge in [0.05, 0.1) is 0 Å². The lowest BCUT2D eigenvalue weighted by atomic mass is 10.2. The van der Waals surface area contributed by atoms with Gasteiger partial charge >= 0.3 is 11.9 Å². The zero-order valence-electron chi connectivity index (χ0n) is 10.8. The summed E-state index contributed by atoms with van der Waals surface area (Å²) in [5, 5.41) is 3.06. The Labute approximate surface area is 111 Å². The van der Waals surface area contributed by atoms with Crippen molar-refractivity contribution in [2.45, 2.75) is 33.3 Å². The minimum atomic E-state index is -0.906. The summed E-state index contributed by atoms with van der Waals surface area (Å²) in [6, 6.07) is 4.98. The Hall–Kier alpha value is -1.55. The first-order chi connectivity index (χ1) is 8.19. The van der Waals surface area contributed by atoms with Gasteiger partial charge in [-0.2, -0.15) is 0 Å². The summed E-state index contributed by atoms with van der Waals surface area (Å²) in [6.07, 6.45) is 0. The van der Waals surface area contributed by atoms with Crippen LogP contribution in [0.4, 0.5) is 5.69 Å². The van der Waals surface area contributed by atoms with Gasteiger partial charge in [-0.3, -0.25) is 4.79 Å². The number of aryl methyl sites for hydroxylation is 1. The minimum absolute atomic E-state index is 0.537. The van der Waals surface area contributed by atoms with Crippen molar-refractivity contribution >= 4 is 29.2 Å². The first-order valence-electron chi connectivity index (χ1n) is 5.49. The number of esters is 1. The molecule has 0 bridgehead atoms. The number of halogens is 1. The molecule has 0 radical (unpaired) electrons. The molecule has 5 heteroatoms. The zero-order chi connectivity index (χ0) is 13.9. The molecular formula is C13H16ClNO3. The second kappa shape index (κ2) is 5.40. The molecule has 0 saturated heterocycles. The molecule has 0 saturated carbocycles. The number of nitrogens with one attached hydrogen (secondary N) is 1. The molecule has 1 rings (SSSR count). The minimum Gasteiger partial charge on any atom is -0.453 e. The van der Waals surface area contributed by atoms with Crippen LogP contribution < -0.4 is 5.32 Å². The smallest absolute Gasteiger partial charge is 0.397 e. The first-order valence-corrected chi connectivity index (χ1v) is 5.87. The highest BCUT2D eigenvalue weighted by molar-refractivity contribution is 6.37. The lowest BCUT2D eigenvalue weighted by molar-refractivity contribution is -0.161. The molecule has 0 atom stereocenters. The molecule has 0 aromatic heterocycles. The van der Waals surface area contributed by atoms with E-state index in [-0.39, 0.29) is 0 Å². The quantitative estimate of drug-likeness (QED) is 0.630. The number of rotatable bonds is 1. The standard InChI is InChI=1S/C13H16ClNO3/c1-8-7-9(14)5-6-10(8)15-11(16)12(17)18-13(2,3)4/h5-7H,1-4H3,(H,15,16). The zero-order valence-corrected chi connectivity index (χ0v) is 11.6. The number of ether oxygens (including phenoxy) is 1. The van der Waals surface area contributed by atoms with Gasteiger partial charge in [-0.15, -0.1) is 0 Å². The SMILES string of the molecule is Cc1cc(Cl)ccc1NC(=O)C(=O)OC(C)(C)C. The topological polar surface area (TPSA) is 55.4 Å². The van der Waals surface area contributed by atoms with Crippen LogP contribution >= 0.6 is 11.6 Å². The molecule has 1 aromatic carbocycles. The molecule has 1 amide bonds. The van der Waals surface area contributed by atoms with Crippen LogP contribution in [0.15, 0.2) is 18.2 Å². The molecule has 0 spiro atoms. The molecule has 1 aromatic rings. The average molecular weight is 270 g/mol. The normalized spacial score (nSPS) is 10.9. The predicted octanol–water partition coefficient (Wildman–Crippen LogP) is 2.93. The first kappa shape index (κ1) is 14.5. The van der Waals surface area contributed by atoms with Crippen LogP contribution in [0.1, 0.15) is 26.3 Å². The van der Waals surface area contributed by atoms with E-state index in [9.17, 15) is 9.59 Å². The summed E-state index contributed by atoms with van der Waals surface area (Å²) in [5.74, 6) is -1.70. The van der Waals surface area contributed by atoms with Crippen LogP contribution in [0.25, 0.3) is 0 Å². The van der Waals surface area contributed by atoms with Crippen molar-refractivity contribution in [1.29, 1.82) is 0 Å². The summed E-state index contributed by atoms with van der Waals surface area (Å²) in [5.41, 5.74) is 0.623. The van der Waals surface area contributed by atoms with Crippen molar-refractivity contribution in [1.82, 2.24) is 0 Å². The third kappa shape index (κ3) is 4.37. The van der Waals surface area contributed by atoms with E-state index in [2.05, 4.69) is 5.32 Å². The van der Waals surface area contributed by atoms with E-state index in [4.69, 9.17) is 16.3 Å².